The molecular weight excluding hydrogens is 384 g/mol. The van der Waals surface area contributed by atoms with Crippen molar-refractivity contribution < 1.29 is 24.2 Å². The van der Waals surface area contributed by atoms with E-state index < -0.39 is 18.5 Å². The maximum Gasteiger partial charge on any atom is 0.341 e. The summed E-state index contributed by atoms with van der Waals surface area (Å²) in [4.78, 5) is 23.3. The first-order valence-electron chi connectivity index (χ1n) is 8.95. The fraction of sp³-hybridized carbons (Fsp3) is 0.0870. The predicted molar refractivity (Wildman–Crippen MR) is 112 cm³/mol. The third-order valence-corrected chi connectivity index (χ3v) is 4.25. The van der Waals surface area contributed by atoms with Crippen LogP contribution in [0.4, 0.5) is 5.69 Å². The second kappa shape index (κ2) is 9.26. The Labute approximate surface area is 172 Å². The molecule has 0 aromatic heterocycles. The van der Waals surface area contributed by atoms with Crippen LogP contribution in [0.2, 0.25) is 0 Å². The van der Waals surface area contributed by atoms with Crippen LogP contribution in [-0.2, 0) is 9.59 Å². The van der Waals surface area contributed by atoms with E-state index in [-0.39, 0.29) is 17.1 Å². The molecule has 150 valence electrons. The summed E-state index contributed by atoms with van der Waals surface area (Å²) in [6, 6.07) is 19.7. The number of hydrogen-bond acceptors (Lipinski definition) is 5. The minimum Gasteiger partial charge on any atom is -0.493 e. The van der Waals surface area contributed by atoms with Gasteiger partial charge in [0.2, 0.25) is 0 Å². The largest absolute Gasteiger partial charge is 0.493 e. The van der Waals surface area contributed by atoms with Crippen LogP contribution in [0.3, 0.4) is 0 Å². The van der Waals surface area contributed by atoms with Crippen LogP contribution >= 0.6 is 0 Å². The maximum absolute atomic E-state index is 12.7. The van der Waals surface area contributed by atoms with E-state index in [4.69, 9.17) is 14.6 Å². The van der Waals surface area contributed by atoms with E-state index in [9.17, 15) is 14.9 Å². The van der Waals surface area contributed by atoms with Gasteiger partial charge in [-0.3, -0.25) is 4.79 Å². The molecule has 3 aromatic rings. The van der Waals surface area contributed by atoms with Crippen LogP contribution in [0.5, 0.6) is 11.5 Å². The molecule has 0 aliphatic rings. The summed E-state index contributed by atoms with van der Waals surface area (Å²) in [5.41, 5.74) is 1.04. The van der Waals surface area contributed by atoms with Crippen molar-refractivity contribution in [2.24, 2.45) is 0 Å². The molecule has 0 radical (unpaired) electrons. The Morgan fingerprint density at radius 1 is 1.10 bits per heavy atom. The van der Waals surface area contributed by atoms with Crippen molar-refractivity contribution in [1.29, 1.82) is 5.26 Å². The van der Waals surface area contributed by atoms with Gasteiger partial charge in [0.05, 0.1) is 7.11 Å². The Bertz CT molecular complexity index is 1170. The smallest absolute Gasteiger partial charge is 0.341 e. The Morgan fingerprint density at radius 3 is 2.60 bits per heavy atom. The number of nitrogens with zero attached hydrogens (tertiary/aromatic N) is 1. The van der Waals surface area contributed by atoms with Crippen LogP contribution in [-0.4, -0.2) is 30.7 Å². The summed E-state index contributed by atoms with van der Waals surface area (Å²) < 4.78 is 10.4. The monoisotopic (exact) mass is 402 g/mol. The molecule has 0 spiro atoms. The van der Waals surface area contributed by atoms with Crippen LogP contribution in [0.15, 0.2) is 66.2 Å². The van der Waals surface area contributed by atoms with Gasteiger partial charge in [0, 0.05) is 11.1 Å². The zero-order chi connectivity index (χ0) is 21.5. The molecule has 0 saturated heterocycles. The minimum atomic E-state index is -1.11. The number of ether oxygens (including phenoxy) is 2. The number of anilines is 1. The summed E-state index contributed by atoms with van der Waals surface area (Å²) in [5.74, 6) is -1.12. The van der Waals surface area contributed by atoms with Crippen LogP contribution < -0.4 is 14.8 Å². The topological polar surface area (TPSA) is 109 Å². The first-order chi connectivity index (χ1) is 14.5. The molecule has 0 aliphatic heterocycles. The highest BCUT2D eigenvalue weighted by Crippen LogP contribution is 2.29. The Hall–Kier alpha value is -4.31. The number of benzene rings is 3. The van der Waals surface area contributed by atoms with Gasteiger partial charge in [0.1, 0.15) is 11.6 Å². The van der Waals surface area contributed by atoms with Crippen LogP contribution in [0.1, 0.15) is 5.56 Å². The molecule has 30 heavy (non-hydrogen) atoms. The van der Waals surface area contributed by atoms with Crippen molar-refractivity contribution in [2.45, 2.75) is 0 Å². The van der Waals surface area contributed by atoms with Gasteiger partial charge in [-0.25, -0.2) is 4.79 Å². The van der Waals surface area contributed by atoms with E-state index in [1.54, 1.807) is 18.2 Å². The van der Waals surface area contributed by atoms with Crippen LogP contribution in [0, 0.1) is 11.3 Å². The quantitative estimate of drug-likeness (QED) is 0.459. The third kappa shape index (κ3) is 4.75. The molecule has 0 fully saturated rings. The van der Waals surface area contributed by atoms with Gasteiger partial charge >= 0.3 is 5.97 Å². The third-order valence-electron chi connectivity index (χ3n) is 4.25. The van der Waals surface area contributed by atoms with E-state index >= 15 is 0 Å². The number of nitrogens with one attached hydrogen (secondary N) is 1. The average Bonchev–Trinajstić information content (AvgIpc) is 2.76. The van der Waals surface area contributed by atoms with Gasteiger partial charge in [0.15, 0.2) is 18.1 Å². The fourth-order valence-corrected chi connectivity index (χ4v) is 2.87. The zero-order valence-electron chi connectivity index (χ0n) is 16.1. The first-order valence-corrected chi connectivity index (χ1v) is 8.95. The van der Waals surface area contributed by atoms with Gasteiger partial charge in [-0.2, -0.15) is 5.26 Å². The number of aliphatic carboxylic acids is 1. The van der Waals surface area contributed by atoms with E-state index in [1.165, 1.54) is 19.3 Å². The second-order valence-electron chi connectivity index (χ2n) is 6.24. The minimum absolute atomic E-state index is 0.0933. The number of carbonyl (C=O) groups excluding carboxylic acids is 1. The number of carbonyl (C=O) groups is 2. The van der Waals surface area contributed by atoms with Crippen molar-refractivity contribution in [3.8, 4) is 17.6 Å². The molecule has 0 aliphatic carbocycles. The summed E-state index contributed by atoms with van der Waals surface area (Å²) in [6.07, 6.45) is 1.42. The van der Waals surface area contributed by atoms with Gasteiger partial charge in [-0.1, -0.05) is 42.5 Å². The highest BCUT2D eigenvalue weighted by molar-refractivity contribution is 6.12. The first kappa shape index (κ1) is 20.4. The van der Waals surface area contributed by atoms with E-state index in [2.05, 4.69) is 5.32 Å². The van der Waals surface area contributed by atoms with E-state index in [1.807, 2.05) is 42.5 Å². The van der Waals surface area contributed by atoms with Crippen LogP contribution in [0.25, 0.3) is 16.8 Å². The summed E-state index contributed by atoms with van der Waals surface area (Å²) in [7, 11) is 1.41. The summed E-state index contributed by atoms with van der Waals surface area (Å²) in [6.45, 7) is -0.511. The van der Waals surface area contributed by atoms with Crippen molar-refractivity contribution in [1.82, 2.24) is 0 Å². The number of amides is 1. The molecular formula is C23H18N2O5. The Morgan fingerprint density at radius 2 is 1.87 bits per heavy atom. The molecule has 0 atom stereocenters. The van der Waals surface area contributed by atoms with Gasteiger partial charge < -0.3 is 19.9 Å². The molecule has 2 N–H and O–H groups in total. The highest BCUT2D eigenvalue weighted by Gasteiger charge is 2.13. The van der Waals surface area contributed by atoms with E-state index in [0.717, 1.165) is 10.8 Å². The number of methoxy groups -OCH3 is 1. The molecule has 0 bridgehead atoms. The van der Waals surface area contributed by atoms with Crippen molar-refractivity contribution in [3.05, 3.63) is 71.8 Å². The molecule has 3 rings (SSSR count). The molecule has 0 unspecified atom stereocenters. The number of carboxylic acid groups (broad SMARTS) is 1. The number of nitriles is 1. The number of hydrogen-bond donors (Lipinski definition) is 2. The molecule has 7 nitrogen and oxygen atoms in total. The standard InChI is InChI=1S/C23H18N2O5/c1-29-21-12-15(9-10-20(21)30-14-22(26)27)11-17(13-24)23(28)25-19-8-4-6-16-5-2-3-7-18(16)19/h2-12H,14H2,1H3,(H,25,28)(H,26,27)/b17-11+. The lowest BCUT2D eigenvalue weighted by Gasteiger charge is -2.10. The number of carboxylic acids is 1. The fourth-order valence-electron chi connectivity index (χ4n) is 2.87. The lowest BCUT2D eigenvalue weighted by atomic mass is 10.1. The Balaban J connectivity index is 1.85. The molecule has 0 heterocycles. The van der Waals surface area contributed by atoms with E-state index in [0.29, 0.717) is 11.3 Å². The van der Waals surface area contributed by atoms with Gasteiger partial charge in [-0.15, -0.1) is 0 Å². The van der Waals surface area contributed by atoms with Crippen molar-refractivity contribution in [2.75, 3.05) is 19.0 Å². The predicted octanol–water partition coefficient (Wildman–Crippen LogP) is 3.86. The molecule has 7 heteroatoms. The molecule has 0 saturated carbocycles. The van der Waals surface area contributed by atoms with Gasteiger partial charge in [-0.05, 0) is 35.2 Å². The second-order valence-corrected chi connectivity index (χ2v) is 6.24. The maximum atomic E-state index is 12.7. The lowest BCUT2D eigenvalue weighted by Crippen LogP contribution is -2.13. The zero-order valence-corrected chi connectivity index (χ0v) is 16.1. The van der Waals surface area contributed by atoms with Crippen molar-refractivity contribution in [3.63, 3.8) is 0 Å². The molecule has 1 amide bonds. The highest BCUT2D eigenvalue weighted by atomic mass is 16.5. The normalized spacial score (nSPS) is 10.9. The Kier molecular flexibility index (Phi) is 6.30. The van der Waals surface area contributed by atoms with Crippen molar-refractivity contribution >= 4 is 34.4 Å². The average molecular weight is 402 g/mol. The summed E-state index contributed by atoms with van der Waals surface area (Å²) in [5, 5.41) is 22.8. The number of rotatable bonds is 7. The summed E-state index contributed by atoms with van der Waals surface area (Å²) >= 11 is 0. The number of fused-ring (bicyclic) bond motifs is 1. The van der Waals surface area contributed by atoms with Gasteiger partial charge in [0.25, 0.3) is 5.91 Å². The lowest BCUT2D eigenvalue weighted by molar-refractivity contribution is -0.139. The molecule has 3 aromatic carbocycles. The SMILES string of the molecule is COc1cc(/C=C(\C#N)C(=O)Nc2cccc3ccccc23)ccc1OCC(=O)O.